The van der Waals surface area contributed by atoms with E-state index >= 15 is 4.39 Å². The molecule has 0 spiro atoms. The molecule has 1 aliphatic heterocycles. The number of aromatic nitrogens is 3. The van der Waals surface area contributed by atoms with Crippen LogP contribution in [-0.2, 0) is 14.3 Å². The average molecular weight is 487 g/mol. The van der Waals surface area contributed by atoms with Crippen LogP contribution < -0.4 is 10.1 Å². The SMILES string of the molecule is CCOC(=O)C(OC(C)(C)C)c1c(C)nc2cc(C(=O)O)nn2c1-c1cc2c(cc1F)OCCN2. The van der Waals surface area contributed by atoms with Crippen molar-refractivity contribution in [3.8, 4) is 17.0 Å². The normalized spacial score (nSPS) is 14.1. The molecule has 1 aliphatic rings. The minimum absolute atomic E-state index is 0.0686. The number of esters is 1. The lowest BCUT2D eigenvalue weighted by Crippen LogP contribution is -2.30. The topological polar surface area (TPSA) is 124 Å². The second-order valence-corrected chi connectivity index (χ2v) is 9.03. The first-order valence-electron chi connectivity index (χ1n) is 11.2. The molecule has 0 radical (unpaired) electrons. The second-order valence-electron chi connectivity index (χ2n) is 9.03. The fraction of sp³-hybridized carbons (Fsp3) is 0.417. The first-order chi connectivity index (χ1) is 16.5. The lowest BCUT2D eigenvalue weighted by atomic mass is 9.97. The number of carbonyl (C=O) groups excluding carboxylic acids is 1. The van der Waals surface area contributed by atoms with Crippen molar-refractivity contribution in [2.24, 2.45) is 0 Å². The van der Waals surface area contributed by atoms with Gasteiger partial charge in [-0.25, -0.2) is 23.5 Å². The monoisotopic (exact) mass is 486 g/mol. The molecule has 2 aromatic heterocycles. The highest BCUT2D eigenvalue weighted by Gasteiger charge is 2.35. The maximum atomic E-state index is 15.6. The third-order valence-electron chi connectivity index (χ3n) is 5.28. The van der Waals surface area contributed by atoms with Crippen molar-refractivity contribution in [3.05, 3.63) is 41.0 Å². The molecule has 0 aliphatic carbocycles. The van der Waals surface area contributed by atoms with E-state index in [9.17, 15) is 14.7 Å². The molecule has 0 saturated carbocycles. The third kappa shape index (κ3) is 4.76. The molecule has 1 atom stereocenters. The zero-order valence-electron chi connectivity index (χ0n) is 20.1. The van der Waals surface area contributed by atoms with Gasteiger partial charge in [0, 0.05) is 35.5 Å². The molecule has 0 fully saturated rings. The zero-order valence-corrected chi connectivity index (χ0v) is 20.1. The number of carbonyl (C=O) groups is 2. The highest BCUT2D eigenvalue weighted by molar-refractivity contribution is 5.88. The van der Waals surface area contributed by atoms with Crippen LogP contribution in [0.1, 0.15) is 55.5 Å². The number of benzene rings is 1. The van der Waals surface area contributed by atoms with E-state index in [1.54, 1.807) is 40.7 Å². The standard InChI is InChI=1S/C24H27FN4O6/c1-6-33-23(32)21(35-24(3,4)5)19-12(2)27-18-11-16(22(30)31)28-29(18)20(19)13-9-15-17(10-14(13)25)34-8-7-26-15/h9-11,21,26H,6-8H2,1-5H3,(H,30,31). The smallest absolute Gasteiger partial charge is 0.356 e. The Labute approximate surface area is 201 Å². The first kappa shape index (κ1) is 24.4. The fourth-order valence-corrected chi connectivity index (χ4v) is 3.95. The quantitative estimate of drug-likeness (QED) is 0.501. The summed E-state index contributed by atoms with van der Waals surface area (Å²) in [6.07, 6.45) is -1.28. The molecular formula is C24H27FN4O6. The zero-order chi connectivity index (χ0) is 25.5. The van der Waals surface area contributed by atoms with Crippen LogP contribution in [0, 0.1) is 12.7 Å². The molecule has 10 nitrogen and oxygen atoms in total. The Kier molecular flexibility index (Phi) is 6.37. The second kappa shape index (κ2) is 9.14. The Morgan fingerprint density at radius 1 is 1.31 bits per heavy atom. The minimum Gasteiger partial charge on any atom is -0.489 e. The molecule has 1 unspecified atom stereocenters. The Morgan fingerprint density at radius 2 is 2.06 bits per heavy atom. The fourth-order valence-electron chi connectivity index (χ4n) is 3.95. The number of nitrogens with one attached hydrogen (secondary N) is 1. The van der Waals surface area contributed by atoms with E-state index in [1.165, 1.54) is 16.6 Å². The molecule has 3 heterocycles. The molecule has 35 heavy (non-hydrogen) atoms. The van der Waals surface area contributed by atoms with Crippen molar-refractivity contribution in [1.82, 2.24) is 14.6 Å². The summed E-state index contributed by atoms with van der Waals surface area (Å²) < 4.78 is 33.7. The van der Waals surface area contributed by atoms with Crippen molar-refractivity contribution >= 4 is 23.3 Å². The molecule has 4 rings (SSSR count). The van der Waals surface area contributed by atoms with Crippen LogP contribution in [0.3, 0.4) is 0 Å². The van der Waals surface area contributed by atoms with Gasteiger partial charge in [0.1, 0.15) is 18.2 Å². The minimum atomic E-state index is -1.28. The summed E-state index contributed by atoms with van der Waals surface area (Å²) >= 11 is 0. The average Bonchev–Trinajstić information content (AvgIpc) is 3.20. The van der Waals surface area contributed by atoms with E-state index in [0.29, 0.717) is 30.3 Å². The van der Waals surface area contributed by atoms with Crippen molar-refractivity contribution in [3.63, 3.8) is 0 Å². The lowest BCUT2D eigenvalue weighted by Gasteiger charge is -2.29. The van der Waals surface area contributed by atoms with E-state index in [0.717, 1.165) is 0 Å². The summed E-state index contributed by atoms with van der Waals surface area (Å²) in [7, 11) is 0. The molecule has 0 bridgehead atoms. The van der Waals surface area contributed by atoms with Gasteiger partial charge in [-0.1, -0.05) is 0 Å². The van der Waals surface area contributed by atoms with E-state index in [-0.39, 0.29) is 34.8 Å². The summed E-state index contributed by atoms with van der Waals surface area (Å²) in [4.78, 5) is 29.2. The highest BCUT2D eigenvalue weighted by Crippen LogP contribution is 2.40. The summed E-state index contributed by atoms with van der Waals surface area (Å²) in [5, 5.41) is 16.8. The number of anilines is 1. The van der Waals surface area contributed by atoms with Gasteiger partial charge in [0.2, 0.25) is 0 Å². The van der Waals surface area contributed by atoms with Crippen molar-refractivity contribution in [2.45, 2.75) is 46.3 Å². The molecule has 3 aromatic rings. The number of hydrogen-bond acceptors (Lipinski definition) is 8. The molecule has 0 amide bonds. The molecular weight excluding hydrogens is 459 g/mol. The summed E-state index contributed by atoms with van der Waals surface area (Å²) in [6.45, 7) is 9.66. The van der Waals surface area contributed by atoms with E-state index in [2.05, 4.69) is 15.4 Å². The van der Waals surface area contributed by atoms with Crippen LogP contribution in [-0.4, -0.2) is 57.0 Å². The largest absolute Gasteiger partial charge is 0.489 e. The summed E-state index contributed by atoms with van der Waals surface area (Å²) in [5.74, 6) is -2.25. The van der Waals surface area contributed by atoms with Gasteiger partial charge in [-0.3, -0.25) is 0 Å². The molecule has 2 N–H and O–H groups in total. The third-order valence-corrected chi connectivity index (χ3v) is 5.28. The van der Waals surface area contributed by atoms with E-state index < -0.39 is 29.5 Å². The number of rotatable bonds is 6. The van der Waals surface area contributed by atoms with Gasteiger partial charge in [0.25, 0.3) is 0 Å². The van der Waals surface area contributed by atoms with E-state index in [4.69, 9.17) is 14.2 Å². The number of carboxylic acids is 1. The Morgan fingerprint density at radius 3 is 2.71 bits per heavy atom. The van der Waals surface area contributed by atoms with E-state index in [1.807, 2.05) is 0 Å². The predicted octanol–water partition coefficient (Wildman–Crippen LogP) is 3.77. The number of ether oxygens (including phenoxy) is 3. The van der Waals surface area contributed by atoms with Gasteiger partial charge in [-0.05, 0) is 40.7 Å². The highest BCUT2D eigenvalue weighted by atomic mass is 19.1. The summed E-state index contributed by atoms with van der Waals surface area (Å²) in [6, 6.07) is 4.07. The first-order valence-corrected chi connectivity index (χ1v) is 11.2. The predicted molar refractivity (Wildman–Crippen MR) is 124 cm³/mol. The maximum Gasteiger partial charge on any atom is 0.356 e. The number of carboxylic acid groups (broad SMARTS) is 1. The maximum absolute atomic E-state index is 15.6. The lowest BCUT2D eigenvalue weighted by molar-refractivity contribution is -0.166. The number of fused-ring (bicyclic) bond motifs is 2. The van der Waals surface area contributed by atoms with Crippen molar-refractivity contribution in [2.75, 3.05) is 25.1 Å². The molecule has 0 saturated heterocycles. The Balaban J connectivity index is 2.08. The van der Waals surface area contributed by atoms with Gasteiger partial charge in [0.05, 0.1) is 23.6 Å². The Hall–Kier alpha value is -3.73. The van der Waals surface area contributed by atoms with Crippen molar-refractivity contribution in [1.29, 1.82) is 0 Å². The number of halogens is 1. The van der Waals surface area contributed by atoms with Gasteiger partial charge >= 0.3 is 11.9 Å². The van der Waals surface area contributed by atoms with Gasteiger partial charge < -0.3 is 24.6 Å². The van der Waals surface area contributed by atoms with Crippen LogP contribution in [0.5, 0.6) is 5.75 Å². The summed E-state index contributed by atoms with van der Waals surface area (Å²) in [5.41, 5.74) is 0.439. The van der Waals surface area contributed by atoms with Crippen molar-refractivity contribution < 1.29 is 33.3 Å². The van der Waals surface area contributed by atoms with Crippen LogP contribution >= 0.6 is 0 Å². The Bertz CT molecular complexity index is 1310. The van der Waals surface area contributed by atoms with Crippen LogP contribution in [0.15, 0.2) is 18.2 Å². The van der Waals surface area contributed by atoms with Gasteiger partial charge in [-0.15, -0.1) is 0 Å². The molecule has 11 heteroatoms. The van der Waals surface area contributed by atoms with Crippen LogP contribution in [0.2, 0.25) is 0 Å². The number of aryl methyl sites for hydroxylation is 1. The van der Waals surface area contributed by atoms with Gasteiger partial charge in [-0.2, -0.15) is 5.10 Å². The van der Waals surface area contributed by atoms with Crippen LogP contribution in [0.4, 0.5) is 10.1 Å². The van der Waals surface area contributed by atoms with Gasteiger partial charge in [0.15, 0.2) is 17.4 Å². The molecule has 186 valence electrons. The number of aromatic carboxylic acids is 1. The molecule has 1 aromatic carbocycles. The number of hydrogen-bond donors (Lipinski definition) is 2. The number of nitrogens with zero attached hydrogens (tertiary/aromatic N) is 3. The van der Waals surface area contributed by atoms with Crippen LogP contribution in [0.25, 0.3) is 16.9 Å².